The maximum atomic E-state index is 5.57. The fourth-order valence-corrected chi connectivity index (χ4v) is 2.45. The summed E-state index contributed by atoms with van der Waals surface area (Å²) in [5, 5.41) is 4.50. The number of hydrogen-bond acceptors (Lipinski definition) is 3. The minimum absolute atomic E-state index is 0. The first-order chi connectivity index (χ1) is 9.47. The normalized spacial score (nSPS) is 10.4. The van der Waals surface area contributed by atoms with Gasteiger partial charge in [0.1, 0.15) is 5.56 Å². The Morgan fingerprint density at radius 2 is 1.57 bits per heavy atom. The second-order valence-corrected chi connectivity index (χ2v) is 5.31. The Hall–Kier alpha value is -1.28. The van der Waals surface area contributed by atoms with Crippen molar-refractivity contribution in [3.05, 3.63) is 29.3 Å². The molecule has 0 aliphatic rings. The summed E-state index contributed by atoms with van der Waals surface area (Å²) in [5.41, 5.74) is 4.40. The van der Waals surface area contributed by atoms with E-state index in [1.807, 2.05) is 4.68 Å². The van der Waals surface area contributed by atoms with Crippen LogP contribution >= 0.6 is 0 Å². The van der Waals surface area contributed by atoms with Crippen LogP contribution in [0.15, 0.2) is 18.2 Å². The molecule has 0 radical (unpaired) electrons. The van der Waals surface area contributed by atoms with Crippen LogP contribution in [-0.2, 0) is 21.1 Å². The van der Waals surface area contributed by atoms with Crippen molar-refractivity contribution < 1.29 is 30.5 Å². The van der Waals surface area contributed by atoms with Crippen molar-refractivity contribution in [3.63, 3.8) is 0 Å². The molecule has 0 spiro atoms. The summed E-state index contributed by atoms with van der Waals surface area (Å²) in [6.45, 7) is 8.31. The first-order valence-corrected chi connectivity index (χ1v) is 6.77. The van der Waals surface area contributed by atoms with Crippen molar-refractivity contribution in [3.8, 4) is 22.9 Å². The van der Waals surface area contributed by atoms with E-state index in [0.717, 1.165) is 17.0 Å². The number of nitrogens with zero attached hydrogens (tertiary/aromatic N) is 2. The van der Waals surface area contributed by atoms with Crippen LogP contribution in [0, 0.1) is 13.8 Å². The molecule has 0 saturated carbocycles. The van der Waals surface area contributed by atoms with Gasteiger partial charge in [0, 0.05) is 21.1 Å². The third-order valence-corrected chi connectivity index (χ3v) is 3.22. The van der Waals surface area contributed by atoms with Gasteiger partial charge in [-0.05, 0) is 33.3 Å². The van der Waals surface area contributed by atoms with Crippen molar-refractivity contribution in [2.75, 3.05) is 14.2 Å². The van der Waals surface area contributed by atoms with E-state index in [2.05, 4.69) is 51.0 Å². The van der Waals surface area contributed by atoms with Gasteiger partial charge in [0.2, 0.25) is 11.8 Å². The van der Waals surface area contributed by atoms with Crippen LogP contribution in [0.25, 0.3) is 11.1 Å². The topological polar surface area (TPSA) is 36.3 Å². The summed E-state index contributed by atoms with van der Waals surface area (Å²) >= 11 is 0. The Bertz CT molecular complexity index is 601. The molecule has 0 aliphatic heterocycles. The molecule has 0 aliphatic carbocycles. The van der Waals surface area contributed by atoms with Crippen molar-refractivity contribution in [2.45, 2.75) is 33.7 Å². The summed E-state index contributed by atoms with van der Waals surface area (Å²) < 4.78 is 12.9. The SMILES string of the molecule is COc1nn(C(C)C)c(OC)c1-c1cc(C)cc(C)c1.[Pt]. The minimum Gasteiger partial charge on any atom is -0.481 e. The second kappa shape index (κ2) is 7.13. The third-order valence-electron chi connectivity index (χ3n) is 3.22. The average molecular weight is 469 g/mol. The van der Waals surface area contributed by atoms with E-state index in [1.54, 1.807) is 14.2 Å². The molecule has 4 nitrogen and oxygen atoms in total. The molecule has 1 heterocycles. The van der Waals surface area contributed by atoms with Crippen molar-refractivity contribution in [2.24, 2.45) is 0 Å². The fourth-order valence-electron chi connectivity index (χ4n) is 2.45. The van der Waals surface area contributed by atoms with E-state index in [-0.39, 0.29) is 27.1 Å². The zero-order valence-corrected chi connectivity index (χ0v) is 15.6. The van der Waals surface area contributed by atoms with E-state index < -0.39 is 0 Å². The molecule has 0 fully saturated rings. The second-order valence-electron chi connectivity index (χ2n) is 5.31. The first kappa shape index (κ1) is 17.8. The van der Waals surface area contributed by atoms with E-state index in [1.165, 1.54) is 11.1 Å². The number of methoxy groups -OCH3 is 2. The van der Waals surface area contributed by atoms with Gasteiger partial charge < -0.3 is 9.47 Å². The van der Waals surface area contributed by atoms with Gasteiger partial charge in [0.05, 0.1) is 20.3 Å². The number of rotatable bonds is 4. The van der Waals surface area contributed by atoms with Crippen molar-refractivity contribution in [1.82, 2.24) is 9.78 Å². The number of hydrogen-bond donors (Lipinski definition) is 0. The van der Waals surface area contributed by atoms with E-state index >= 15 is 0 Å². The van der Waals surface area contributed by atoms with Gasteiger partial charge in [-0.3, -0.25) is 0 Å². The third kappa shape index (κ3) is 3.49. The van der Waals surface area contributed by atoms with Crippen LogP contribution in [0.2, 0.25) is 0 Å². The van der Waals surface area contributed by atoms with Gasteiger partial charge in [-0.25, -0.2) is 4.68 Å². The van der Waals surface area contributed by atoms with Gasteiger partial charge in [0.15, 0.2) is 0 Å². The Morgan fingerprint density at radius 1 is 1.00 bits per heavy atom. The Kier molecular flexibility index (Phi) is 6.03. The first-order valence-electron chi connectivity index (χ1n) is 6.77. The van der Waals surface area contributed by atoms with Gasteiger partial charge in [0.25, 0.3) is 0 Å². The molecule has 0 atom stereocenters. The molecule has 118 valence electrons. The zero-order chi connectivity index (χ0) is 14.9. The van der Waals surface area contributed by atoms with Crippen LogP contribution in [0.5, 0.6) is 11.8 Å². The number of ether oxygens (including phenoxy) is 2. The molecule has 1 aromatic carbocycles. The monoisotopic (exact) mass is 469 g/mol. The predicted molar refractivity (Wildman–Crippen MR) is 80.6 cm³/mol. The number of aromatic nitrogens is 2. The smallest absolute Gasteiger partial charge is 0.244 e. The Labute approximate surface area is 140 Å². The molecule has 2 aromatic rings. The maximum Gasteiger partial charge on any atom is 0.244 e. The zero-order valence-electron chi connectivity index (χ0n) is 13.3. The van der Waals surface area contributed by atoms with Crippen LogP contribution in [0.1, 0.15) is 31.0 Å². The Balaban J connectivity index is 0.00000220. The van der Waals surface area contributed by atoms with Gasteiger partial charge >= 0.3 is 0 Å². The maximum absolute atomic E-state index is 5.57. The van der Waals surface area contributed by atoms with Crippen LogP contribution in [0.3, 0.4) is 0 Å². The van der Waals surface area contributed by atoms with Gasteiger partial charge in [-0.1, -0.05) is 29.3 Å². The summed E-state index contributed by atoms with van der Waals surface area (Å²) in [6, 6.07) is 6.60. The number of aryl methyl sites for hydroxylation is 2. The van der Waals surface area contributed by atoms with Crippen LogP contribution in [0.4, 0.5) is 0 Å². The molecule has 0 N–H and O–H groups in total. The standard InChI is InChI=1S/C16H22N2O2.Pt/c1-10(2)18-16(20-6)14(15(17-18)19-5)13-8-11(3)7-12(4)9-13;/h7-10H,1-6H3;. The largest absolute Gasteiger partial charge is 0.481 e. The molecule has 2 rings (SSSR count). The summed E-state index contributed by atoms with van der Waals surface area (Å²) in [5.74, 6) is 1.34. The molecule has 0 saturated heterocycles. The van der Waals surface area contributed by atoms with Crippen LogP contribution < -0.4 is 9.47 Å². The van der Waals surface area contributed by atoms with Crippen molar-refractivity contribution in [1.29, 1.82) is 0 Å². The molecule has 5 heteroatoms. The molecule has 1 aromatic heterocycles. The van der Waals surface area contributed by atoms with E-state index in [4.69, 9.17) is 9.47 Å². The van der Waals surface area contributed by atoms with E-state index in [9.17, 15) is 0 Å². The summed E-state index contributed by atoms with van der Waals surface area (Å²) in [7, 11) is 3.31. The quantitative estimate of drug-likeness (QED) is 0.684. The minimum atomic E-state index is 0. The van der Waals surface area contributed by atoms with Gasteiger partial charge in [-0.15, -0.1) is 5.10 Å². The molecular weight excluding hydrogens is 447 g/mol. The average Bonchev–Trinajstić information content (AvgIpc) is 2.76. The molecule has 0 unspecified atom stereocenters. The van der Waals surface area contributed by atoms with Crippen molar-refractivity contribution >= 4 is 0 Å². The summed E-state index contributed by atoms with van der Waals surface area (Å²) in [6.07, 6.45) is 0. The fraction of sp³-hybridized carbons (Fsp3) is 0.438. The molecule has 21 heavy (non-hydrogen) atoms. The number of benzene rings is 1. The predicted octanol–water partition coefficient (Wildman–Crippen LogP) is 3.76. The summed E-state index contributed by atoms with van der Waals surface area (Å²) in [4.78, 5) is 0. The van der Waals surface area contributed by atoms with Crippen LogP contribution in [-0.4, -0.2) is 24.0 Å². The Morgan fingerprint density at radius 3 is 2.00 bits per heavy atom. The molecular formula is C16H22N2O2Pt. The van der Waals surface area contributed by atoms with Gasteiger partial charge in [-0.2, -0.15) is 0 Å². The molecule has 0 bridgehead atoms. The van der Waals surface area contributed by atoms with E-state index in [0.29, 0.717) is 5.88 Å². The molecule has 0 amide bonds.